The number of carbonyl (C=O) groups is 1. The van der Waals surface area contributed by atoms with Gasteiger partial charge in [-0.2, -0.15) is 0 Å². The number of halogens is 1. The number of nitrogens with zero attached hydrogens (tertiary/aromatic N) is 1. The van der Waals surface area contributed by atoms with Crippen molar-refractivity contribution in [3.63, 3.8) is 0 Å². The van der Waals surface area contributed by atoms with E-state index in [1.54, 1.807) is 0 Å². The van der Waals surface area contributed by atoms with Crippen LogP contribution in [0.25, 0.3) is 0 Å². The van der Waals surface area contributed by atoms with Gasteiger partial charge in [-0.1, -0.05) is 28.8 Å². The summed E-state index contributed by atoms with van der Waals surface area (Å²) in [7, 11) is 0. The highest BCUT2D eigenvalue weighted by Gasteiger charge is 2.22. The fraction of sp³-hybridized carbons (Fsp3) is 0.562. The summed E-state index contributed by atoms with van der Waals surface area (Å²) < 4.78 is 6.76. The molecule has 1 saturated heterocycles. The molecule has 1 heterocycles. The molecule has 1 aliphatic rings. The molecule has 1 unspecified atom stereocenters. The van der Waals surface area contributed by atoms with E-state index in [2.05, 4.69) is 15.9 Å². The average Bonchev–Trinajstić information content (AvgIpc) is 2.77. The largest absolute Gasteiger partial charge is 0.481 e. The predicted molar refractivity (Wildman–Crippen MR) is 87.2 cm³/mol. The third kappa shape index (κ3) is 4.45. The zero-order chi connectivity index (χ0) is 15.2. The normalized spacial score (nSPS) is 17.2. The van der Waals surface area contributed by atoms with Gasteiger partial charge in [-0.3, -0.25) is 4.79 Å². The number of carbonyl (C=O) groups excluding carboxylic acids is 1. The van der Waals surface area contributed by atoms with Gasteiger partial charge in [0.25, 0.3) is 5.91 Å². The van der Waals surface area contributed by atoms with Crippen molar-refractivity contribution in [1.82, 2.24) is 4.90 Å². The fourth-order valence-corrected chi connectivity index (χ4v) is 2.99. The van der Waals surface area contributed by atoms with Crippen molar-refractivity contribution in [2.45, 2.75) is 45.3 Å². The number of nitrogens with two attached hydrogens (primary N) is 1. The van der Waals surface area contributed by atoms with E-state index >= 15 is 0 Å². The van der Waals surface area contributed by atoms with Gasteiger partial charge in [0.1, 0.15) is 5.75 Å². The highest BCUT2D eigenvalue weighted by molar-refractivity contribution is 9.10. The minimum atomic E-state index is -0.463. The van der Waals surface area contributed by atoms with E-state index in [0.717, 1.165) is 36.0 Å². The summed E-state index contributed by atoms with van der Waals surface area (Å²) in [5.74, 6) is 0.767. The van der Waals surface area contributed by atoms with Crippen LogP contribution in [0.1, 0.15) is 38.2 Å². The van der Waals surface area contributed by atoms with Gasteiger partial charge in [0.05, 0.1) is 0 Å². The first kappa shape index (κ1) is 16.3. The lowest BCUT2D eigenvalue weighted by atomic mass is 10.2. The van der Waals surface area contributed by atoms with E-state index in [-0.39, 0.29) is 5.91 Å². The Morgan fingerprint density at radius 3 is 2.62 bits per heavy atom. The zero-order valence-electron chi connectivity index (χ0n) is 12.5. The molecule has 5 heteroatoms. The molecule has 1 atom stereocenters. The van der Waals surface area contributed by atoms with Gasteiger partial charge in [0, 0.05) is 24.1 Å². The van der Waals surface area contributed by atoms with Crippen LogP contribution in [0.3, 0.4) is 0 Å². The lowest BCUT2D eigenvalue weighted by Gasteiger charge is -2.24. The molecule has 0 spiro atoms. The van der Waals surface area contributed by atoms with E-state index < -0.39 is 6.10 Å². The van der Waals surface area contributed by atoms with Gasteiger partial charge < -0.3 is 15.4 Å². The maximum Gasteiger partial charge on any atom is 0.263 e. The molecular formula is C16H23BrN2O2. The molecule has 0 radical (unpaired) electrons. The molecule has 0 bridgehead atoms. The second-order valence-electron chi connectivity index (χ2n) is 5.46. The second-order valence-corrected chi connectivity index (χ2v) is 6.31. The van der Waals surface area contributed by atoms with Gasteiger partial charge in [-0.25, -0.2) is 0 Å². The quantitative estimate of drug-likeness (QED) is 0.903. The molecule has 1 aromatic rings. The summed E-state index contributed by atoms with van der Waals surface area (Å²) in [4.78, 5) is 14.4. The van der Waals surface area contributed by atoms with Crippen molar-refractivity contribution in [2.24, 2.45) is 5.73 Å². The maximum atomic E-state index is 12.4. The first-order chi connectivity index (χ1) is 10.1. The Labute approximate surface area is 134 Å². The van der Waals surface area contributed by atoms with Gasteiger partial charge in [0.15, 0.2) is 6.10 Å². The Bertz CT molecular complexity index is 485. The summed E-state index contributed by atoms with van der Waals surface area (Å²) in [6.45, 7) is 3.95. The average molecular weight is 355 g/mol. The van der Waals surface area contributed by atoms with Crippen molar-refractivity contribution in [2.75, 3.05) is 13.1 Å². The molecule has 0 saturated carbocycles. The highest BCUT2D eigenvalue weighted by Crippen LogP contribution is 2.23. The Balaban J connectivity index is 1.99. The predicted octanol–water partition coefficient (Wildman–Crippen LogP) is 3.08. The van der Waals surface area contributed by atoms with E-state index in [4.69, 9.17) is 10.5 Å². The fourth-order valence-electron chi connectivity index (χ4n) is 2.58. The molecule has 0 aliphatic carbocycles. The van der Waals surface area contributed by atoms with Crippen molar-refractivity contribution < 1.29 is 9.53 Å². The molecule has 1 fully saturated rings. The number of likely N-dealkylation sites (tertiary alicyclic amines) is 1. The lowest BCUT2D eigenvalue weighted by molar-refractivity contribution is -0.137. The number of benzene rings is 1. The summed E-state index contributed by atoms with van der Waals surface area (Å²) >= 11 is 3.45. The summed E-state index contributed by atoms with van der Waals surface area (Å²) in [5.41, 5.74) is 6.66. The minimum absolute atomic E-state index is 0.0779. The van der Waals surface area contributed by atoms with Crippen LogP contribution in [0, 0.1) is 0 Å². The zero-order valence-corrected chi connectivity index (χ0v) is 14.1. The van der Waals surface area contributed by atoms with Gasteiger partial charge in [-0.05, 0) is 43.5 Å². The van der Waals surface area contributed by atoms with Crippen LogP contribution in [0.4, 0.5) is 0 Å². The van der Waals surface area contributed by atoms with E-state index in [1.807, 2.05) is 30.0 Å². The molecule has 0 aromatic heterocycles. The maximum absolute atomic E-state index is 12.4. The highest BCUT2D eigenvalue weighted by atomic mass is 79.9. The number of hydrogen-bond donors (Lipinski definition) is 1. The molecular weight excluding hydrogens is 332 g/mol. The van der Waals surface area contributed by atoms with Crippen molar-refractivity contribution in [1.29, 1.82) is 0 Å². The van der Waals surface area contributed by atoms with Crippen molar-refractivity contribution in [3.8, 4) is 5.75 Å². The second kappa shape index (κ2) is 7.80. The van der Waals surface area contributed by atoms with Crippen LogP contribution in [0.15, 0.2) is 22.7 Å². The van der Waals surface area contributed by atoms with Crippen LogP contribution >= 0.6 is 15.9 Å². The Hall–Kier alpha value is -1.07. The minimum Gasteiger partial charge on any atom is -0.481 e. The topological polar surface area (TPSA) is 55.6 Å². The summed E-state index contributed by atoms with van der Waals surface area (Å²) in [5, 5.41) is 0. The molecule has 4 nitrogen and oxygen atoms in total. The van der Waals surface area contributed by atoms with Gasteiger partial charge in [0.2, 0.25) is 0 Å². The molecule has 1 aliphatic heterocycles. The molecule has 2 rings (SSSR count). The van der Waals surface area contributed by atoms with Crippen LogP contribution in [-0.2, 0) is 11.3 Å². The molecule has 116 valence electrons. The van der Waals surface area contributed by atoms with Gasteiger partial charge in [-0.15, -0.1) is 0 Å². The number of rotatable bonds is 4. The van der Waals surface area contributed by atoms with Crippen molar-refractivity contribution >= 4 is 21.8 Å². The molecule has 1 aromatic carbocycles. The summed E-state index contributed by atoms with van der Waals surface area (Å²) in [6, 6.07) is 5.65. The first-order valence-electron chi connectivity index (χ1n) is 7.55. The standard InChI is InChI=1S/C16H23BrN2O2/c1-12(16(20)19-8-4-2-3-5-9-19)21-14-6-7-15(17)13(10-14)11-18/h6-7,10,12H,2-5,8-9,11,18H2,1H3. The summed E-state index contributed by atoms with van der Waals surface area (Å²) in [6.07, 6.45) is 4.15. The van der Waals surface area contributed by atoms with E-state index in [1.165, 1.54) is 12.8 Å². The number of ether oxygens (including phenoxy) is 1. The number of hydrogen-bond acceptors (Lipinski definition) is 3. The number of amides is 1. The van der Waals surface area contributed by atoms with E-state index in [0.29, 0.717) is 12.3 Å². The monoisotopic (exact) mass is 354 g/mol. The SMILES string of the molecule is CC(Oc1ccc(Br)c(CN)c1)C(=O)N1CCCCCC1. The Morgan fingerprint density at radius 2 is 2.00 bits per heavy atom. The molecule has 1 amide bonds. The van der Waals surface area contributed by atoms with E-state index in [9.17, 15) is 4.79 Å². The third-order valence-corrected chi connectivity index (χ3v) is 4.59. The van der Waals surface area contributed by atoms with Crippen LogP contribution < -0.4 is 10.5 Å². The third-order valence-electron chi connectivity index (χ3n) is 3.82. The first-order valence-corrected chi connectivity index (χ1v) is 8.35. The Kier molecular flexibility index (Phi) is 6.06. The van der Waals surface area contributed by atoms with Crippen molar-refractivity contribution in [3.05, 3.63) is 28.2 Å². The molecule has 21 heavy (non-hydrogen) atoms. The smallest absolute Gasteiger partial charge is 0.263 e. The molecule has 2 N–H and O–H groups in total. The van der Waals surface area contributed by atoms with Crippen LogP contribution in [-0.4, -0.2) is 30.0 Å². The van der Waals surface area contributed by atoms with Crippen LogP contribution in [0.5, 0.6) is 5.75 Å². The lowest BCUT2D eigenvalue weighted by Crippen LogP contribution is -2.41. The Morgan fingerprint density at radius 1 is 1.33 bits per heavy atom. The van der Waals surface area contributed by atoms with Crippen LogP contribution in [0.2, 0.25) is 0 Å². The van der Waals surface area contributed by atoms with Gasteiger partial charge >= 0.3 is 0 Å².